The lowest BCUT2D eigenvalue weighted by atomic mass is 10.2. The lowest BCUT2D eigenvalue weighted by Crippen LogP contribution is -2.13. The van der Waals surface area contributed by atoms with Crippen molar-refractivity contribution >= 4 is 50.5 Å². The van der Waals surface area contributed by atoms with Crippen LogP contribution in [-0.2, 0) is 16.6 Å². The number of sulfonamides is 1. The Kier molecular flexibility index (Phi) is 5.01. The largest absolute Gasteiger partial charge is 0.392 e. The molecular weight excluding hydrogens is 357 g/mol. The molecular formula is C13H10Cl3NO3S. The normalized spacial score (nSPS) is 11.4. The lowest BCUT2D eigenvalue weighted by Gasteiger charge is -2.10. The van der Waals surface area contributed by atoms with Gasteiger partial charge in [-0.05, 0) is 42.0 Å². The summed E-state index contributed by atoms with van der Waals surface area (Å²) < 4.78 is 26.9. The van der Waals surface area contributed by atoms with E-state index in [4.69, 9.17) is 39.9 Å². The van der Waals surface area contributed by atoms with Gasteiger partial charge in [0.25, 0.3) is 10.0 Å². The SMILES string of the molecule is O=S(=O)(Nc1ccc(Cl)c(Cl)c1)c1ccc(Cl)c(CO)c1. The number of halogens is 3. The molecule has 2 N–H and O–H groups in total. The maximum absolute atomic E-state index is 12.3. The van der Waals surface area contributed by atoms with Gasteiger partial charge in [-0.15, -0.1) is 0 Å². The predicted molar refractivity (Wildman–Crippen MR) is 84.6 cm³/mol. The smallest absolute Gasteiger partial charge is 0.261 e. The summed E-state index contributed by atoms with van der Waals surface area (Å²) in [4.78, 5) is -0.0120. The van der Waals surface area contributed by atoms with Crippen molar-refractivity contribution in [2.24, 2.45) is 0 Å². The maximum Gasteiger partial charge on any atom is 0.261 e. The Morgan fingerprint density at radius 1 is 0.952 bits per heavy atom. The van der Waals surface area contributed by atoms with Gasteiger partial charge in [-0.1, -0.05) is 34.8 Å². The van der Waals surface area contributed by atoms with E-state index >= 15 is 0 Å². The summed E-state index contributed by atoms with van der Waals surface area (Å²) in [6.07, 6.45) is 0. The second-order valence-electron chi connectivity index (χ2n) is 4.15. The summed E-state index contributed by atoms with van der Waals surface area (Å²) in [5, 5.41) is 10.00. The number of aliphatic hydroxyl groups excluding tert-OH is 1. The highest BCUT2D eigenvalue weighted by Gasteiger charge is 2.16. The van der Waals surface area contributed by atoms with E-state index in [-0.39, 0.29) is 22.2 Å². The van der Waals surface area contributed by atoms with E-state index in [0.29, 0.717) is 15.6 Å². The Morgan fingerprint density at radius 3 is 2.24 bits per heavy atom. The van der Waals surface area contributed by atoms with Gasteiger partial charge in [0.05, 0.1) is 27.2 Å². The summed E-state index contributed by atoms with van der Waals surface area (Å²) in [6, 6.07) is 8.46. The number of nitrogens with one attached hydrogen (secondary N) is 1. The fraction of sp³-hybridized carbons (Fsp3) is 0.0769. The highest BCUT2D eigenvalue weighted by atomic mass is 35.5. The summed E-state index contributed by atoms with van der Waals surface area (Å²) in [7, 11) is -3.81. The second-order valence-corrected chi connectivity index (χ2v) is 7.05. The quantitative estimate of drug-likeness (QED) is 0.861. The molecule has 0 saturated carbocycles. The summed E-state index contributed by atoms with van der Waals surface area (Å²) >= 11 is 17.5. The molecule has 0 radical (unpaired) electrons. The van der Waals surface area contributed by atoms with Gasteiger partial charge in [-0.25, -0.2) is 8.42 Å². The summed E-state index contributed by atoms with van der Waals surface area (Å²) in [5.74, 6) is 0. The van der Waals surface area contributed by atoms with E-state index in [9.17, 15) is 8.42 Å². The molecule has 8 heteroatoms. The number of hydrogen-bond acceptors (Lipinski definition) is 3. The maximum atomic E-state index is 12.3. The molecule has 2 rings (SSSR count). The zero-order valence-corrected chi connectivity index (χ0v) is 13.6. The van der Waals surface area contributed by atoms with Gasteiger partial charge in [-0.2, -0.15) is 0 Å². The van der Waals surface area contributed by atoms with Crippen molar-refractivity contribution < 1.29 is 13.5 Å². The lowest BCUT2D eigenvalue weighted by molar-refractivity contribution is 0.281. The van der Waals surface area contributed by atoms with Gasteiger partial charge in [-0.3, -0.25) is 4.72 Å². The van der Waals surface area contributed by atoms with Crippen molar-refractivity contribution in [2.75, 3.05) is 4.72 Å². The molecule has 2 aromatic rings. The molecule has 112 valence electrons. The van der Waals surface area contributed by atoms with Gasteiger partial charge in [0.1, 0.15) is 0 Å². The van der Waals surface area contributed by atoms with Crippen LogP contribution in [0, 0.1) is 0 Å². The first-order valence-electron chi connectivity index (χ1n) is 5.70. The Labute approximate surface area is 137 Å². The molecule has 0 heterocycles. The van der Waals surface area contributed by atoms with Crippen LogP contribution >= 0.6 is 34.8 Å². The minimum Gasteiger partial charge on any atom is -0.392 e. The van der Waals surface area contributed by atoms with Gasteiger partial charge in [0, 0.05) is 5.02 Å². The van der Waals surface area contributed by atoms with Crippen LogP contribution in [0.1, 0.15) is 5.56 Å². The Balaban J connectivity index is 2.35. The molecule has 0 spiro atoms. The van der Waals surface area contributed by atoms with Crippen LogP contribution in [0.2, 0.25) is 15.1 Å². The van der Waals surface area contributed by atoms with Crippen LogP contribution in [0.4, 0.5) is 5.69 Å². The van der Waals surface area contributed by atoms with E-state index in [2.05, 4.69) is 4.72 Å². The summed E-state index contributed by atoms with van der Waals surface area (Å²) in [5.41, 5.74) is 0.610. The molecule has 0 atom stereocenters. The van der Waals surface area contributed by atoms with E-state index in [1.165, 1.54) is 36.4 Å². The zero-order chi connectivity index (χ0) is 15.6. The molecule has 0 aliphatic heterocycles. The van der Waals surface area contributed by atoms with Gasteiger partial charge >= 0.3 is 0 Å². The minimum atomic E-state index is -3.81. The first-order valence-corrected chi connectivity index (χ1v) is 8.32. The van der Waals surface area contributed by atoms with Crippen molar-refractivity contribution in [3.05, 3.63) is 57.0 Å². The van der Waals surface area contributed by atoms with E-state index in [0.717, 1.165) is 0 Å². The van der Waals surface area contributed by atoms with Crippen LogP contribution < -0.4 is 4.72 Å². The molecule has 0 saturated heterocycles. The number of anilines is 1. The van der Waals surface area contributed by atoms with Crippen molar-refractivity contribution in [2.45, 2.75) is 11.5 Å². The topological polar surface area (TPSA) is 66.4 Å². The highest BCUT2D eigenvalue weighted by Crippen LogP contribution is 2.27. The van der Waals surface area contributed by atoms with Crippen LogP contribution in [0.3, 0.4) is 0 Å². The first-order chi connectivity index (χ1) is 9.83. The number of benzene rings is 2. The van der Waals surface area contributed by atoms with Crippen molar-refractivity contribution in [3.63, 3.8) is 0 Å². The molecule has 0 amide bonds. The third-order valence-corrected chi connectivity index (χ3v) is 5.16. The first kappa shape index (κ1) is 16.4. The van der Waals surface area contributed by atoms with E-state index in [1.807, 2.05) is 0 Å². The monoisotopic (exact) mass is 365 g/mol. The van der Waals surface area contributed by atoms with Gasteiger partial charge in [0.2, 0.25) is 0 Å². The van der Waals surface area contributed by atoms with Gasteiger partial charge in [0.15, 0.2) is 0 Å². The third-order valence-electron chi connectivity index (χ3n) is 2.67. The number of rotatable bonds is 4. The predicted octanol–water partition coefficient (Wildman–Crippen LogP) is 3.94. The van der Waals surface area contributed by atoms with Crippen LogP contribution in [0.5, 0.6) is 0 Å². The molecule has 0 aliphatic carbocycles. The van der Waals surface area contributed by atoms with Crippen molar-refractivity contribution in [1.82, 2.24) is 0 Å². The minimum absolute atomic E-state index is 0.0120. The molecule has 0 unspecified atom stereocenters. The standard InChI is InChI=1S/C13H10Cl3NO3S/c14-11-4-2-10(5-8(11)7-18)21(19,20)17-9-1-3-12(15)13(16)6-9/h1-6,17-18H,7H2. The fourth-order valence-corrected chi connectivity index (χ4v) is 3.19. The fourth-order valence-electron chi connectivity index (χ4n) is 1.61. The zero-order valence-electron chi connectivity index (χ0n) is 10.5. The molecule has 0 bridgehead atoms. The average Bonchev–Trinajstić information content (AvgIpc) is 2.43. The highest BCUT2D eigenvalue weighted by molar-refractivity contribution is 7.92. The molecule has 0 fully saturated rings. The molecule has 0 aliphatic rings. The summed E-state index contributed by atoms with van der Waals surface area (Å²) in [6.45, 7) is -0.352. The second kappa shape index (κ2) is 6.42. The van der Waals surface area contributed by atoms with Crippen LogP contribution in [0.15, 0.2) is 41.3 Å². The van der Waals surface area contributed by atoms with E-state index < -0.39 is 10.0 Å². The Bertz CT molecular complexity index is 778. The average molecular weight is 367 g/mol. The van der Waals surface area contributed by atoms with Crippen molar-refractivity contribution in [3.8, 4) is 0 Å². The third kappa shape index (κ3) is 3.81. The molecule has 4 nitrogen and oxygen atoms in total. The van der Waals surface area contributed by atoms with Gasteiger partial charge < -0.3 is 5.11 Å². The molecule has 2 aromatic carbocycles. The number of aliphatic hydroxyl groups is 1. The van der Waals surface area contributed by atoms with Crippen LogP contribution in [-0.4, -0.2) is 13.5 Å². The Hall–Kier alpha value is -0.980. The van der Waals surface area contributed by atoms with Crippen molar-refractivity contribution in [1.29, 1.82) is 0 Å². The van der Waals surface area contributed by atoms with E-state index in [1.54, 1.807) is 0 Å². The number of hydrogen-bond donors (Lipinski definition) is 2. The van der Waals surface area contributed by atoms with Crippen LogP contribution in [0.25, 0.3) is 0 Å². The molecule has 21 heavy (non-hydrogen) atoms. The molecule has 0 aromatic heterocycles. The Morgan fingerprint density at radius 2 is 1.62 bits per heavy atom.